The third-order valence-electron chi connectivity index (χ3n) is 4.18. The molecular weight excluding hydrogens is 377 g/mol. The molecule has 28 heavy (non-hydrogen) atoms. The Labute approximate surface area is 167 Å². The Balaban J connectivity index is 1.62. The van der Waals surface area contributed by atoms with E-state index in [4.69, 9.17) is 12.2 Å². The van der Waals surface area contributed by atoms with E-state index >= 15 is 0 Å². The van der Waals surface area contributed by atoms with Gasteiger partial charge in [-0.15, -0.1) is 0 Å². The molecule has 1 aromatic heterocycles. The topological polar surface area (TPSA) is 71.0 Å². The number of hydrogen-bond donors (Lipinski definition) is 3. The molecule has 6 nitrogen and oxygen atoms in total. The zero-order chi connectivity index (χ0) is 20.1. The first-order valence-corrected chi connectivity index (χ1v) is 9.05. The molecule has 0 aliphatic heterocycles. The van der Waals surface area contributed by atoms with Crippen molar-refractivity contribution in [3.8, 4) is 0 Å². The number of hydrogen-bond acceptors (Lipinski definition) is 3. The number of anilines is 1. The minimum absolute atomic E-state index is 0.187. The van der Waals surface area contributed by atoms with Gasteiger partial charge in [0.05, 0.1) is 17.8 Å². The van der Waals surface area contributed by atoms with Gasteiger partial charge in [-0.2, -0.15) is 5.10 Å². The smallest absolute Gasteiger partial charge is 0.273 e. The molecule has 0 spiro atoms. The summed E-state index contributed by atoms with van der Waals surface area (Å²) in [5, 5.41) is 7.52. The second-order valence-corrected chi connectivity index (χ2v) is 6.64. The molecular formula is C20H20FN5OS. The summed E-state index contributed by atoms with van der Waals surface area (Å²) in [5.41, 5.74) is 8.81. The summed E-state index contributed by atoms with van der Waals surface area (Å²) in [6, 6.07) is 15.6. The first kappa shape index (κ1) is 19.5. The van der Waals surface area contributed by atoms with E-state index in [1.54, 1.807) is 23.7 Å². The van der Waals surface area contributed by atoms with E-state index in [9.17, 15) is 9.18 Å². The first-order chi connectivity index (χ1) is 13.4. The zero-order valence-electron chi connectivity index (χ0n) is 15.5. The summed E-state index contributed by atoms with van der Waals surface area (Å²) >= 11 is 5.14. The van der Waals surface area contributed by atoms with Crippen molar-refractivity contribution in [1.29, 1.82) is 0 Å². The molecule has 1 amide bonds. The summed E-state index contributed by atoms with van der Waals surface area (Å²) < 4.78 is 14.7. The van der Waals surface area contributed by atoms with Crippen molar-refractivity contribution in [2.75, 3.05) is 5.32 Å². The third-order valence-corrected chi connectivity index (χ3v) is 4.38. The van der Waals surface area contributed by atoms with Crippen LogP contribution in [0.25, 0.3) is 0 Å². The third kappa shape index (κ3) is 4.72. The molecule has 0 unspecified atom stereocenters. The lowest BCUT2D eigenvalue weighted by molar-refractivity contribution is 0.0943. The van der Waals surface area contributed by atoms with Crippen LogP contribution in [0.2, 0.25) is 0 Å². The molecule has 1 heterocycles. The summed E-state index contributed by atoms with van der Waals surface area (Å²) in [6.07, 6.45) is 0. The molecule has 2 aromatic carbocycles. The number of aromatic nitrogens is 2. The van der Waals surface area contributed by atoms with E-state index in [1.807, 2.05) is 37.3 Å². The lowest BCUT2D eigenvalue weighted by Crippen LogP contribution is -2.44. The SMILES string of the molecule is Cc1nn(Cc2ccccc2)c(C)c1C(=O)NNC(=S)Nc1ccc(F)cc1. The van der Waals surface area contributed by atoms with Gasteiger partial charge in [0.25, 0.3) is 5.91 Å². The number of nitrogens with one attached hydrogen (secondary N) is 3. The predicted molar refractivity (Wildman–Crippen MR) is 110 cm³/mol. The summed E-state index contributed by atoms with van der Waals surface area (Å²) in [5.74, 6) is -0.672. The molecule has 0 atom stereocenters. The maximum absolute atomic E-state index is 12.9. The number of benzene rings is 2. The van der Waals surface area contributed by atoms with Gasteiger partial charge >= 0.3 is 0 Å². The molecule has 144 valence electrons. The largest absolute Gasteiger partial charge is 0.331 e. The fourth-order valence-electron chi connectivity index (χ4n) is 2.81. The van der Waals surface area contributed by atoms with E-state index in [-0.39, 0.29) is 16.8 Å². The maximum atomic E-state index is 12.9. The van der Waals surface area contributed by atoms with Crippen LogP contribution in [0.5, 0.6) is 0 Å². The van der Waals surface area contributed by atoms with Crippen LogP contribution in [0, 0.1) is 19.7 Å². The minimum atomic E-state index is -0.337. The number of amides is 1. The van der Waals surface area contributed by atoms with Crippen molar-refractivity contribution in [2.45, 2.75) is 20.4 Å². The van der Waals surface area contributed by atoms with Crippen LogP contribution in [0.1, 0.15) is 27.3 Å². The summed E-state index contributed by atoms with van der Waals surface area (Å²) in [7, 11) is 0. The second-order valence-electron chi connectivity index (χ2n) is 6.23. The van der Waals surface area contributed by atoms with Crippen molar-refractivity contribution in [2.24, 2.45) is 0 Å². The van der Waals surface area contributed by atoms with Gasteiger partial charge in [0, 0.05) is 11.4 Å². The van der Waals surface area contributed by atoms with Crippen LogP contribution in [0.4, 0.5) is 10.1 Å². The monoisotopic (exact) mass is 397 g/mol. The molecule has 3 N–H and O–H groups in total. The molecule has 0 fully saturated rings. The highest BCUT2D eigenvalue weighted by atomic mass is 32.1. The second kappa shape index (κ2) is 8.62. The van der Waals surface area contributed by atoms with Gasteiger partial charge < -0.3 is 5.32 Å². The van der Waals surface area contributed by atoms with Crippen molar-refractivity contribution in [1.82, 2.24) is 20.6 Å². The van der Waals surface area contributed by atoms with Gasteiger partial charge in [-0.1, -0.05) is 30.3 Å². The van der Waals surface area contributed by atoms with E-state index < -0.39 is 0 Å². The molecule has 0 bridgehead atoms. The van der Waals surface area contributed by atoms with Gasteiger partial charge in [0.1, 0.15) is 5.82 Å². The average molecular weight is 397 g/mol. The maximum Gasteiger partial charge on any atom is 0.273 e. The van der Waals surface area contributed by atoms with Crippen molar-refractivity contribution in [3.05, 3.63) is 82.9 Å². The average Bonchev–Trinajstić information content (AvgIpc) is 2.96. The van der Waals surface area contributed by atoms with Crippen LogP contribution >= 0.6 is 12.2 Å². The Morgan fingerprint density at radius 3 is 2.43 bits per heavy atom. The molecule has 8 heteroatoms. The predicted octanol–water partition coefficient (Wildman–Crippen LogP) is 3.32. The van der Waals surface area contributed by atoms with Crippen molar-refractivity contribution in [3.63, 3.8) is 0 Å². The number of halogens is 1. The van der Waals surface area contributed by atoms with E-state index in [2.05, 4.69) is 21.3 Å². The molecule has 0 saturated carbocycles. The Bertz CT molecular complexity index is 986. The van der Waals surface area contributed by atoms with Crippen LogP contribution < -0.4 is 16.2 Å². The minimum Gasteiger partial charge on any atom is -0.331 e. The van der Waals surface area contributed by atoms with Crippen LogP contribution in [0.3, 0.4) is 0 Å². The fourth-order valence-corrected chi connectivity index (χ4v) is 2.98. The highest BCUT2D eigenvalue weighted by Gasteiger charge is 2.18. The van der Waals surface area contributed by atoms with Crippen LogP contribution in [-0.2, 0) is 6.54 Å². The number of thiocarbonyl (C=S) groups is 1. The molecule has 0 aliphatic carbocycles. The molecule has 3 rings (SSSR count). The van der Waals surface area contributed by atoms with Crippen molar-refractivity contribution >= 4 is 28.9 Å². The molecule has 3 aromatic rings. The van der Waals surface area contributed by atoms with Gasteiger partial charge in [-0.3, -0.25) is 20.3 Å². The lowest BCUT2D eigenvalue weighted by Gasteiger charge is -2.12. The standard InChI is InChI=1S/C20H20FN5OS/c1-13-18(14(2)26(25-13)12-15-6-4-3-5-7-15)19(27)23-24-20(28)22-17-10-8-16(21)9-11-17/h3-11H,12H2,1-2H3,(H,23,27)(H2,22,24,28). The fraction of sp³-hybridized carbons (Fsp3) is 0.150. The Kier molecular flexibility index (Phi) is 6.00. The highest BCUT2D eigenvalue weighted by Crippen LogP contribution is 2.14. The van der Waals surface area contributed by atoms with Gasteiger partial charge in [-0.25, -0.2) is 4.39 Å². The Hall–Kier alpha value is -3.26. The van der Waals surface area contributed by atoms with Gasteiger partial charge in [0.2, 0.25) is 0 Å². The van der Waals surface area contributed by atoms with Crippen LogP contribution in [0.15, 0.2) is 54.6 Å². The lowest BCUT2D eigenvalue weighted by atomic mass is 10.2. The summed E-state index contributed by atoms with van der Waals surface area (Å²) in [6.45, 7) is 4.23. The van der Waals surface area contributed by atoms with Crippen molar-refractivity contribution < 1.29 is 9.18 Å². The quantitative estimate of drug-likeness (QED) is 0.465. The number of carbonyl (C=O) groups excluding carboxylic acids is 1. The number of carbonyl (C=O) groups is 1. The van der Waals surface area contributed by atoms with E-state index in [0.717, 1.165) is 11.3 Å². The first-order valence-electron chi connectivity index (χ1n) is 8.65. The molecule has 0 radical (unpaired) electrons. The number of nitrogens with zero attached hydrogens (tertiary/aromatic N) is 2. The summed E-state index contributed by atoms with van der Waals surface area (Å²) in [4.78, 5) is 12.6. The van der Waals surface area contributed by atoms with Crippen LogP contribution in [-0.4, -0.2) is 20.8 Å². The molecule has 0 saturated heterocycles. The number of rotatable bonds is 4. The Morgan fingerprint density at radius 1 is 1.07 bits per heavy atom. The van der Waals surface area contributed by atoms with E-state index in [0.29, 0.717) is 23.5 Å². The van der Waals surface area contributed by atoms with E-state index in [1.165, 1.54) is 12.1 Å². The highest BCUT2D eigenvalue weighted by molar-refractivity contribution is 7.80. The normalized spacial score (nSPS) is 10.4. The zero-order valence-corrected chi connectivity index (χ0v) is 16.3. The van der Waals surface area contributed by atoms with Gasteiger partial charge in [0.15, 0.2) is 5.11 Å². The Morgan fingerprint density at radius 2 is 1.75 bits per heavy atom. The number of hydrazine groups is 1. The van der Waals surface area contributed by atoms with Gasteiger partial charge in [-0.05, 0) is 55.9 Å². The number of aryl methyl sites for hydroxylation is 1. The molecule has 0 aliphatic rings.